The third kappa shape index (κ3) is 14.2. The van der Waals surface area contributed by atoms with E-state index in [0.717, 1.165) is 13.2 Å². The summed E-state index contributed by atoms with van der Waals surface area (Å²) in [4.78, 5) is 11.0. The third-order valence-electron chi connectivity index (χ3n) is 4.15. The van der Waals surface area contributed by atoms with E-state index in [-0.39, 0.29) is 5.91 Å². The summed E-state index contributed by atoms with van der Waals surface area (Å²) < 4.78 is 21.6. The molecule has 1 fully saturated rings. The summed E-state index contributed by atoms with van der Waals surface area (Å²) in [6, 6.07) is 0.693. The van der Waals surface area contributed by atoms with Crippen LogP contribution in [0.3, 0.4) is 0 Å². The van der Waals surface area contributed by atoms with E-state index in [1.165, 1.54) is 32.1 Å². The fraction of sp³-hybridized carbons (Fsp3) is 0.944. The van der Waals surface area contributed by atoms with Crippen LogP contribution in [0.2, 0.25) is 0 Å². The van der Waals surface area contributed by atoms with Crippen molar-refractivity contribution in [1.29, 1.82) is 0 Å². The average molecular weight is 360 g/mol. The summed E-state index contributed by atoms with van der Waals surface area (Å²) in [6.07, 6.45) is 7.10. The minimum Gasteiger partial charge on any atom is -0.379 e. The molecule has 25 heavy (non-hydrogen) atoms. The second-order valence-electron chi connectivity index (χ2n) is 6.16. The van der Waals surface area contributed by atoms with Crippen molar-refractivity contribution in [2.45, 2.75) is 44.6 Å². The first-order valence-corrected chi connectivity index (χ1v) is 9.58. The van der Waals surface area contributed by atoms with E-state index in [9.17, 15) is 4.79 Å². The lowest BCUT2D eigenvalue weighted by Crippen LogP contribution is -2.33. The first kappa shape index (κ1) is 22.3. The zero-order chi connectivity index (χ0) is 18.0. The van der Waals surface area contributed by atoms with Crippen molar-refractivity contribution in [1.82, 2.24) is 10.6 Å². The quantitative estimate of drug-likeness (QED) is 0.402. The molecule has 0 saturated heterocycles. The van der Waals surface area contributed by atoms with Crippen molar-refractivity contribution in [3.8, 4) is 0 Å². The summed E-state index contributed by atoms with van der Waals surface area (Å²) in [5.41, 5.74) is 0. The topological polar surface area (TPSA) is 78.1 Å². The second-order valence-corrected chi connectivity index (χ2v) is 6.16. The van der Waals surface area contributed by atoms with E-state index in [1.807, 2.05) is 0 Å². The van der Waals surface area contributed by atoms with Gasteiger partial charge in [-0.2, -0.15) is 0 Å². The Hall–Kier alpha value is -0.730. The summed E-state index contributed by atoms with van der Waals surface area (Å²) in [5.74, 6) is -0.0127. The van der Waals surface area contributed by atoms with Crippen LogP contribution in [0.15, 0.2) is 0 Å². The number of hydrogen-bond donors (Lipinski definition) is 2. The molecule has 1 amide bonds. The van der Waals surface area contributed by atoms with Gasteiger partial charge in [0.25, 0.3) is 0 Å². The van der Waals surface area contributed by atoms with E-state index in [0.29, 0.717) is 58.7 Å². The zero-order valence-corrected chi connectivity index (χ0v) is 15.7. The van der Waals surface area contributed by atoms with Gasteiger partial charge >= 0.3 is 0 Å². The van der Waals surface area contributed by atoms with Crippen LogP contribution in [0.1, 0.15) is 38.5 Å². The maximum Gasteiger partial charge on any atom is 0.222 e. The van der Waals surface area contributed by atoms with Gasteiger partial charge in [0.15, 0.2) is 0 Å². The molecule has 0 aliphatic heterocycles. The lowest BCUT2D eigenvalue weighted by Gasteiger charge is -2.22. The Morgan fingerprint density at radius 1 is 0.800 bits per heavy atom. The van der Waals surface area contributed by atoms with Gasteiger partial charge in [0.1, 0.15) is 0 Å². The number of nitrogens with one attached hydrogen (secondary N) is 2. The molecule has 7 nitrogen and oxygen atoms in total. The minimum absolute atomic E-state index is 0.0127. The number of hydrogen-bond acceptors (Lipinski definition) is 6. The predicted molar refractivity (Wildman–Crippen MR) is 96.8 cm³/mol. The van der Waals surface area contributed by atoms with Gasteiger partial charge in [-0.25, -0.2) is 0 Å². The van der Waals surface area contributed by atoms with Crippen molar-refractivity contribution < 1.29 is 23.7 Å². The van der Waals surface area contributed by atoms with Crippen molar-refractivity contribution >= 4 is 5.91 Å². The van der Waals surface area contributed by atoms with Gasteiger partial charge in [-0.3, -0.25) is 4.79 Å². The Kier molecular flexibility index (Phi) is 14.9. The molecular formula is C18H36N2O5. The van der Waals surface area contributed by atoms with E-state index >= 15 is 0 Å². The Labute approximate surface area is 152 Å². The molecule has 0 radical (unpaired) electrons. The summed E-state index contributed by atoms with van der Waals surface area (Å²) in [5, 5.41) is 6.10. The number of amides is 1. The van der Waals surface area contributed by atoms with Gasteiger partial charge in [0.2, 0.25) is 5.91 Å². The number of rotatable bonds is 16. The highest BCUT2D eigenvalue weighted by molar-refractivity contribution is 5.75. The Morgan fingerprint density at radius 3 is 1.88 bits per heavy atom. The molecule has 7 heteroatoms. The fourth-order valence-electron chi connectivity index (χ4n) is 2.69. The Balaban J connectivity index is 1.68. The normalized spacial score (nSPS) is 15.4. The summed E-state index contributed by atoms with van der Waals surface area (Å²) in [7, 11) is 1.62. The van der Waals surface area contributed by atoms with Gasteiger partial charge in [0, 0.05) is 26.1 Å². The van der Waals surface area contributed by atoms with Crippen LogP contribution in [-0.2, 0) is 23.7 Å². The van der Waals surface area contributed by atoms with Crippen molar-refractivity contribution in [3.05, 3.63) is 0 Å². The first-order valence-electron chi connectivity index (χ1n) is 9.58. The molecule has 0 spiro atoms. The molecule has 0 aromatic rings. The fourth-order valence-corrected chi connectivity index (χ4v) is 2.69. The SMILES string of the molecule is CNC(=O)CCOCCOCCOCCOCCNC1CCCCC1. The maximum absolute atomic E-state index is 11.0. The average Bonchev–Trinajstić information content (AvgIpc) is 2.65. The smallest absolute Gasteiger partial charge is 0.222 e. The molecule has 0 bridgehead atoms. The van der Waals surface area contributed by atoms with Crippen LogP contribution in [0.5, 0.6) is 0 Å². The third-order valence-corrected chi connectivity index (χ3v) is 4.15. The highest BCUT2D eigenvalue weighted by Gasteiger charge is 2.11. The zero-order valence-electron chi connectivity index (χ0n) is 15.7. The van der Waals surface area contributed by atoms with Gasteiger partial charge in [-0.1, -0.05) is 19.3 Å². The number of ether oxygens (including phenoxy) is 4. The molecule has 0 unspecified atom stereocenters. The standard InChI is InChI=1S/C18H36N2O5/c1-19-18(21)7-9-22-11-13-24-15-16-25-14-12-23-10-8-20-17-5-3-2-4-6-17/h17,20H,2-16H2,1H3,(H,19,21). The summed E-state index contributed by atoms with van der Waals surface area (Å²) in [6.45, 7) is 5.41. The first-order chi connectivity index (χ1) is 12.3. The molecule has 1 rings (SSSR count). The van der Waals surface area contributed by atoms with Crippen LogP contribution < -0.4 is 10.6 Å². The van der Waals surface area contributed by atoms with Gasteiger partial charge in [-0.05, 0) is 12.8 Å². The molecule has 1 saturated carbocycles. The van der Waals surface area contributed by atoms with E-state index in [2.05, 4.69) is 10.6 Å². The highest BCUT2D eigenvalue weighted by atomic mass is 16.6. The molecule has 0 aromatic heterocycles. The minimum atomic E-state index is -0.0127. The highest BCUT2D eigenvalue weighted by Crippen LogP contribution is 2.16. The number of carbonyl (C=O) groups excluding carboxylic acids is 1. The maximum atomic E-state index is 11.0. The summed E-state index contributed by atoms with van der Waals surface area (Å²) >= 11 is 0. The molecule has 1 aliphatic rings. The lowest BCUT2D eigenvalue weighted by atomic mass is 9.96. The van der Waals surface area contributed by atoms with Gasteiger partial charge < -0.3 is 29.6 Å². The van der Waals surface area contributed by atoms with E-state index in [1.54, 1.807) is 7.05 Å². The van der Waals surface area contributed by atoms with Crippen molar-refractivity contribution in [2.24, 2.45) is 0 Å². The molecular weight excluding hydrogens is 324 g/mol. The lowest BCUT2D eigenvalue weighted by molar-refractivity contribution is -0.121. The Bertz CT molecular complexity index is 312. The number of carbonyl (C=O) groups is 1. The van der Waals surface area contributed by atoms with Gasteiger partial charge in [-0.15, -0.1) is 0 Å². The van der Waals surface area contributed by atoms with Crippen molar-refractivity contribution in [2.75, 3.05) is 66.4 Å². The van der Waals surface area contributed by atoms with Crippen LogP contribution in [0, 0.1) is 0 Å². The van der Waals surface area contributed by atoms with Crippen molar-refractivity contribution in [3.63, 3.8) is 0 Å². The van der Waals surface area contributed by atoms with Gasteiger partial charge in [0.05, 0.1) is 52.9 Å². The molecule has 0 heterocycles. The van der Waals surface area contributed by atoms with Crippen LogP contribution >= 0.6 is 0 Å². The molecule has 1 aliphatic carbocycles. The van der Waals surface area contributed by atoms with Crippen LogP contribution in [0.4, 0.5) is 0 Å². The van der Waals surface area contributed by atoms with E-state index in [4.69, 9.17) is 18.9 Å². The predicted octanol–water partition coefficient (Wildman–Crippen LogP) is 1.11. The second kappa shape index (κ2) is 16.7. The largest absolute Gasteiger partial charge is 0.379 e. The van der Waals surface area contributed by atoms with E-state index < -0.39 is 0 Å². The molecule has 2 N–H and O–H groups in total. The van der Waals surface area contributed by atoms with Crippen LogP contribution in [0.25, 0.3) is 0 Å². The Morgan fingerprint density at radius 2 is 1.32 bits per heavy atom. The molecule has 148 valence electrons. The molecule has 0 atom stereocenters. The van der Waals surface area contributed by atoms with Crippen LogP contribution in [-0.4, -0.2) is 78.4 Å². The monoisotopic (exact) mass is 360 g/mol. The molecule has 0 aromatic carbocycles.